The summed E-state index contributed by atoms with van der Waals surface area (Å²) in [4.78, 5) is 44.6. The van der Waals surface area contributed by atoms with Gasteiger partial charge in [0.15, 0.2) is 0 Å². The van der Waals surface area contributed by atoms with E-state index in [0.717, 1.165) is 0 Å². The van der Waals surface area contributed by atoms with E-state index in [-0.39, 0.29) is 17.6 Å². The van der Waals surface area contributed by atoms with E-state index < -0.39 is 5.97 Å². The molecule has 24 heavy (non-hydrogen) atoms. The lowest BCUT2D eigenvalue weighted by molar-refractivity contribution is 0.0641. The van der Waals surface area contributed by atoms with Gasteiger partial charge in [-0.25, -0.2) is 14.6 Å². The molecule has 0 spiro atoms. The topological polar surface area (TPSA) is 94.1 Å². The molecule has 1 aromatic heterocycles. The monoisotopic (exact) mass is 334 g/mol. The van der Waals surface area contributed by atoms with Crippen LogP contribution in [0.15, 0.2) is 18.3 Å². The number of amides is 3. The van der Waals surface area contributed by atoms with Crippen molar-refractivity contribution >= 4 is 17.9 Å². The van der Waals surface area contributed by atoms with Gasteiger partial charge in [0, 0.05) is 51.0 Å². The molecule has 2 heterocycles. The van der Waals surface area contributed by atoms with E-state index in [1.165, 1.54) is 18.3 Å². The fourth-order valence-electron chi connectivity index (χ4n) is 2.66. The number of pyridine rings is 1. The van der Waals surface area contributed by atoms with Gasteiger partial charge in [-0.15, -0.1) is 0 Å². The summed E-state index contributed by atoms with van der Waals surface area (Å²) in [5.74, 6) is -1.41. The highest BCUT2D eigenvalue weighted by atomic mass is 16.4. The van der Waals surface area contributed by atoms with E-state index in [2.05, 4.69) is 4.98 Å². The second kappa shape index (κ2) is 7.76. The summed E-state index contributed by atoms with van der Waals surface area (Å²) in [6.07, 6.45) is 1.32. The van der Waals surface area contributed by atoms with E-state index >= 15 is 0 Å². The number of urea groups is 1. The average molecular weight is 334 g/mol. The molecule has 1 N–H and O–H groups in total. The zero-order valence-electron chi connectivity index (χ0n) is 13.9. The minimum Gasteiger partial charge on any atom is -0.477 e. The van der Waals surface area contributed by atoms with Crippen LogP contribution in [0.4, 0.5) is 4.79 Å². The van der Waals surface area contributed by atoms with Crippen LogP contribution in [0.2, 0.25) is 0 Å². The Labute approximate surface area is 140 Å². The third-order valence-electron chi connectivity index (χ3n) is 4.10. The molecule has 2 rings (SSSR count). The highest BCUT2D eigenvalue weighted by molar-refractivity contribution is 5.96. The van der Waals surface area contributed by atoms with Gasteiger partial charge in [0.1, 0.15) is 5.69 Å². The van der Waals surface area contributed by atoms with E-state index in [1.807, 2.05) is 13.8 Å². The van der Waals surface area contributed by atoms with Crippen molar-refractivity contribution < 1.29 is 19.5 Å². The number of carbonyl (C=O) groups is 3. The molecule has 0 bridgehead atoms. The molecule has 8 heteroatoms. The summed E-state index contributed by atoms with van der Waals surface area (Å²) in [5.41, 5.74) is 0.141. The van der Waals surface area contributed by atoms with Gasteiger partial charge in [-0.3, -0.25) is 4.79 Å². The van der Waals surface area contributed by atoms with Crippen LogP contribution in [-0.2, 0) is 0 Å². The Hall–Kier alpha value is -2.64. The quantitative estimate of drug-likeness (QED) is 0.886. The van der Waals surface area contributed by atoms with Gasteiger partial charge < -0.3 is 19.8 Å². The van der Waals surface area contributed by atoms with Crippen molar-refractivity contribution in [2.45, 2.75) is 13.8 Å². The summed E-state index contributed by atoms with van der Waals surface area (Å²) < 4.78 is 0. The van der Waals surface area contributed by atoms with Crippen molar-refractivity contribution in [3.05, 3.63) is 29.6 Å². The van der Waals surface area contributed by atoms with E-state index in [1.54, 1.807) is 14.7 Å². The van der Waals surface area contributed by atoms with Crippen LogP contribution in [0.3, 0.4) is 0 Å². The lowest BCUT2D eigenvalue weighted by Gasteiger charge is -2.37. The average Bonchev–Trinajstić information content (AvgIpc) is 2.62. The predicted octanol–water partition coefficient (Wildman–Crippen LogP) is 0.999. The van der Waals surface area contributed by atoms with Crippen LogP contribution in [0.1, 0.15) is 34.7 Å². The number of nitrogens with zero attached hydrogens (tertiary/aromatic N) is 4. The summed E-state index contributed by atoms with van der Waals surface area (Å²) in [6, 6.07) is 2.77. The summed E-state index contributed by atoms with van der Waals surface area (Å²) in [6.45, 7) is 6.98. The molecule has 1 saturated heterocycles. The third-order valence-corrected chi connectivity index (χ3v) is 4.10. The molecule has 0 aliphatic carbocycles. The van der Waals surface area contributed by atoms with Gasteiger partial charge >= 0.3 is 12.0 Å². The molecule has 1 aliphatic rings. The number of carboxylic acids is 1. The Morgan fingerprint density at radius 1 is 1.12 bits per heavy atom. The number of hydrogen-bond acceptors (Lipinski definition) is 4. The van der Waals surface area contributed by atoms with Crippen LogP contribution in [0, 0.1) is 0 Å². The fourth-order valence-corrected chi connectivity index (χ4v) is 2.66. The van der Waals surface area contributed by atoms with Gasteiger partial charge in [-0.1, -0.05) is 0 Å². The minimum atomic E-state index is -1.17. The molecule has 3 amide bonds. The Bertz CT molecular complexity index is 622. The first kappa shape index (κ1) is 17.7. The standard InChI is InChI=1S/C16H22N4O4/c1-3-18(4-2)16(24)20-9-7-19(8-10-20)14(21)12-5-6-17-13(11-12)15(22)23/h5-6,11H,3-4,7-10H2,1-2H3,(H,22,23). The van der Waals surface area contributed by atoms with Gasteiger partial charge in [-0.05, 0) is 26.0 Å². The van der Waals surface area contributed by atoms with Gasteiger partial charge in [-0.2, -0.15) is 0 Å². The highest BCUT2D eigenvalue weighted by Crippen LogP contribution is 2.11. The lowest BCUT2D eigenvalue weighted by atomic mass is 10.2. The van der Waals surface area contributed by atoms with Crippen molar-refractivity contribution in [2.24, 2.45) is 0 Å². The van der Waals surface area contributed by atoms with Crippen LogP contribution < -0.4 is 0 Å². The second-order valence-electron chi connectivity index (χ2n) is 5.47. The van der Waals surface area contributed by atoms with E-state index in [0.29, 0.717) is 44.8 Å². The highest BCUT2D eigenvalue weighted by Gasteiger charge is 2.27. The van der Waals surface area contributed by atoms with Crippen LogP contribution in [0.5, 0.6) is 0 Å². The molecule has 130 valence electrons. The number of aromatic nitrogens is 1. The first-order chi connectivity index (χ1) is 11.5. The van der Waals surface area contributed by atoms with Gasteiger partial charge in [0.2, 0.25) is 0 Å². The summed E-state index contributed by atoms with van der Waals surface area (Å²) in [7, 11) is 0. The number of piperazine rings is 1. The zero-order chi connectivity index (χ0) is 17.7. The molecular formula is C16H22N4O4. The number of carbonyl (C=O) groups excluding carboxylic acids is 2. The number of carboxylic acid groups (broad SMARTS) is 1. The van der Waals surface area contributed by atoms with Crippen LogP contribution >= 0.6 is 0 Å². The molecule has 0 saturated carbocycles. The normalized spacial score (nSPS) is 14.4. The lowest BCUT2D eigenvalue weighted by Crippen LogP contribution is -2.54. The van der Waals surface area contributed by atoms with Gasteiger partial charge in [0.05, 0.1) is 0 Å². The SMILES string of the molecule is CCN(CC)C(=O)N1CCN(C(=O)c2ccnc(C(=O)O)c2)CC1. The zero-order valence-corrected chi connectivity index (χ0v) is 13.9. The van der Waals surface area contributed by atoms with E-state index in [4.69, 9.17) is 5.11 Å². The second-order valence-corrected chi connectivity index (χ2v) is 5.47. The van der Waals surface area contributed by atoms with Crippen LogP contribution in [-0.4, -0.2) is 82.0 Å². The third kappa shape index (κ3) is 3.81. The molecule has 1 fully saturated rings. The van der Waals surface area contributed by atoms with Crippen molar-refractivity contribution in [1.82, 2.24) is 19.7 Å². The predicted molar refractivity (Wildman–Crippen MR) is 87.0 cm³/mol. The van der Waals surface area contributed by atoms with Crippen molar-refractivity contribution in [3.8, 4) is 0 Å². The fraction of sp³-hybridized carbons (Fsp3) is 0.500. The summed E-state index contributed by atoms with van der Waals surface area (Å²) in [5, 5.41) is 8.96. The first-order valence-corrected chi connectivity index (χ1v) is 8.00. The molecule has 1 aromatic rings. The first-order valence-electron chi connectivity index (χ1n) is 8.00. The van der Waals surface area contributed by atoms with Crippen molar-refractivity contribution in [1.29, 1.82) is 0 Å². The molecule has 0 aromatic carbocycles. The maximum absolute atomic E-state index is 12.5. The van der Waals surface area contributed by atoms with Gasteiger partial charge in [0.25, 0.3) is 5.91 Å². The molecule has 8 nitrogen and oxygen atoms in total. The Balaban J connectivity index is 1.99. The maximum Gasteiger partial charge on any atom is 0.354 e. The smallest absolute Gasteiger partial charge is 0.354 e. The molecule has 1 aliphatic heterocycles. The molecular weight excluding hydrogens is 312 g/mol. The number of aromatic carboxylic acids is 1. The number of rotatable bonds is 4. The minimum absolute atomic E-state index is 0.0100. The van der Waals surface area contributed by atoms with Crippen molar-refractivity contribution in [2.75, 3.05) is 39.3 Å². The maximum atomic E-state index is 12.5. The van der Waals surface area contributed by atoms with Crippen LogP contribution in [0.25, 0.3) is 0 Å². The Morgan fingerprint density at radius 2 is 1.71 bits per heavy atom. The molecule has 0 radical (unpaired) electrons. The molecule has 0 atom stereocenters. The number of hydrogen-bond donors (Lipinski definition) is 1. The Morgan fingerprint density at radius 3 is 2.25 bits per heavy atom. The summed E-state index contributed by atoms with van der Waals surface area (Å²) >= 11 is 0. The Kier molecular flexibility index (Phi) is 5.73. The van der Waals surface area contributed by atoms with E-state index in [9.17, 15) is 14.4 Å². The molecule has 0 unspecified atom stereocenters. The van der Waals surface area contributed by atoms with Crippen molar-refractivity contribution in [3.63, 3.8) is 0 Å². The largest absolute Gasteiger partial charge is 0.477 e.